The van der Waals surface area contributed by atoms with E-state index in [1.807, 2.05) is 0 Å². The van der Waals surface area contributed by atoms with Gasteiger partial charge in [0.1, 0.15) is 5.75 Å². The minimum absolute atomic E-state index is 0.196. The fraction of sp³-hybridized carbons (Fsp3) is 0. The molecule has 0 bridgehead atoms. The molecule has 1 amide bonds. The molecule has 3 aromatic rings. The molecule has 1 aromatic heterocycles. The molecule has 0 unspecified atom stereocenters. The van der Waals surface area contributed by atoms with E-state index in [1.165, 1.54) is 0 Å². The number of hydrogen-bond donors (Lipinski definition) is 3. The number of H-pyrrole nitrogens is 1. The van der Waals surface area contributed by atoms with Crippen molar-refractivity contribution in [3.05, 3.63) is 48.0 Å². The molecular formula is C14H11N3O2. The van der Waals surface area contributed by atoms with E-state index in [2.05, 4.69) is 10.2 Å². The molecule has 0 aliphatic carbocycles. The van der Waals surface area contributed by atoms with Crippen molar-refractivity contribution < 1.29 is 9.90 Å². The molecule has 0 radical (unpaired) electrons. The van der Waals surface area contributed by atoms with Gasteiger partial charge in [-0.05, 0) is 42.5 Å². The van der Waals surface area contributed by atoms with Crippen LogP contribution in [-0.4, -0.2) is 21.2 Å². The Bertz CT molecular complexity index is 760. The van der Waals surface area contributed by atoms with E-state index in [-0.39, 0.29) is 5.75 Å². The highest BCUT2D eigenvalue weighted by atomic mass is 16.3. The first-order valence-corrected chi connectivity index (χ1v) is 5.72. The summed E-state index contributed by atoms with van der Waals surface area (Å²) in [5, 5.41) is 17.3. The second kappa shape index (κ2) is 4.13. The average molecular weight is 253 g/mol. The summed E-state index contributed by atoms with van der Waals surface area (Å²) in [6, 6.07) is 11.9. The van der Waals surface area contributed by atoms with Crippen LogP contribution >= 0.6 is 0 Å². The molecule has 5 nitrogen and oxygen atoms in total. The van der Waals surface area contributed by atoms with Crippen molar-refractivity contribution in [1.29, 1.82) is 0 Å². The first-order valence-electron chi connectivity index (χ1n) is 5.72. The quantitative estimate of drug-likeness (QED) is 0.652. The number of nitrogens with zero attached hydrogens (tertiary/aromatic N) is 1. The molecule has 5 heteroatoms. The van der Waals surface area contributed by atoms with Crippen molar-refractivity contribution >= 4 is 16.8 Å². The van der Waals surface area contributed by atoms with Crippen LogP contribution in [0.2, 0.25) is 0 Å². The number of aromatic amines is 1. The number of primary amides is 1. The molecule has 1 heterocycles. The van der Waals surface area contributed by atoms with Crippen LogP contribution < -0.4 is 5.73 Å². The van der Waals surface area contributed by atoms with Gasteiger partial charge in [-0.3, -0.25) is 9.89 Å². The van der Waals surface area contributed by atoms with Gasteiger partial charge in [-0.2, -0.15) is 5.10 Å². The molecule has 0 atom stereocenters. The third kappa shape index (κ3) is 1.91. The van der Waals surface area contributed by atoms with Crippen LogP contribution in [0.4, 0.5) is 0 Å². The molecule has 0 saturated heterocycles. The maximum Gasteiger partial charge on any atom is 0.248 e. The number of fused-ring (bicyclic) bond motifs is 1. The topological polar surface area (TPSA) is 92.0 Å². The molecule has 0 fully saturated rings. The molecule has 2 aromatic carbocycles. The summed E-state index contributed by atoms with van der Waals surface area (Å²) >= 11 is 0. The van der Waals surface area contributed by atoms with Crippen molar-refractivity contribution in [1.82, 2.24) is 10.2 Å². The number of phenolic OH excluding ortho intramolecular Hbond substituents is 1. The summed E-state index contributed by atoms with van der Waals surface area (Å²) < 4.78 is 0. The Morgan fingerprint density at radius 1 is 1.16 bits per heavy atom. The number of carbonyl (C=O) groups excluding carboxylic acids is 1. The van der Waals surface area contributed by atoms with Gasteiger partial charge in [0.05, 0.1) is 11.2 Å². The predicted octanol–water partition coefficient (Wildman–Crippen LogP) is 2.03. The highest BCUT2D eigenvalue weighted by Gasteiger charge is 2.10. The zero-order valence-corrected chi connectivity index (χ0v) is 9.92. The lowest BCUT2D eigenvalue weighted by Crippen LogP contribution is -2.10. The van der Waals surface area contributed by atoms with E-state index >= 15 is 0 Å². The second-order valence-electron chi connectivity index (χ2n) is 4.24. The van der Waals surface area contributed by atoms with Crippen LogP contribution in [0.3, 0.4) is 0 Å². The molecule has 4 N–H and O–H groups in total. The number of hydrogen-bond acceptors (Lipinski definition) is 3. The largest absolute Gasteiger partial charge is 0.508 e. The smallest absolute Gasteiger partial charge is 0.248 e. The van der Waals surface area contributed by atoms with Crippen LogP contribution in [0.5, 0.6) is 5.75 Å². The lowest BCUT2D eigenvalue weighted by molar-refractivity contribution is 0.100. The zero-order valence-electron chi connectivity index (χ0n) is 9.92. The SMILES string of the molecule is NC(=O)c1ccc2[nH]nc(-c3ccc(O)cc3)c2c1. The van der Waals surface area contributed by atoms with E-state index in [0.29, 0.717) is 5.56 Å². The number of phenols is 1. The predicted molar refractivity (Wildman–Crippen MR) is 71.7 cm³/mol. The lowest BCUT2D eigenvalue weighted by Gasteiger charge is -2.00. The summed E-state index contributed by atoms with van der Waals surface area (Å²) in [6.45, 7) is 0. The molecule has 0 spiro atoms. The first kappa shape index (κ1) is 11.3. The van der Waals surface area contributed by atoms with Gasteiger partial charge in [0.25, 0.3) is 0 Å². The summed E-state index contributed by atoms with van der Waals surface area (Å²) in [4.78, 5) is 11.2. The molecule has 3 rings (SSSR count). The Balaban J connectivity index is 2.21. The number of carbonyl (C=O) groups is 1. The van der Waals surface area contributed by atoms with Crippen molar-refractivity contribution in [3.63, 3.8) is 0 Å². The maximum absolute atomic E-state index is 11.2. The summed E-state index contributed by atoms with van der Waals surface area (Å²) in [7, 11) is 0. The summed E-state index contributed by atoms with van der Waals surface area (Å²) in [5.74, 6) is -0.277. The van der Waals surface area contributed by atoms with Crippen molar-refractivity contribution in [2.45, 2.75) is 0 Å². The fourth-order valence-electron chi connectivity index (χ4n) is 2.01. The number of amides is 1. The van der Waals surface area contributed by atoms with Gasteiger partial charge in [0.2, 0.25) is 5.91 Å². The van der Waals surface area contributed by atoms with E-state index < -0.39 is 5.91 Å². The van der Waals surface area contributed by atoms with Gasteiger partial charge in [0.15, 0.2) is 0 Å². The van der Waals surface area contributed by atoms with Crippen LogP contribution in [0.25, 0.3) is 22.2 Å². The Labute approximate surface area is 108 Å². The number of aromatic hydroxyl groups is 1. The minimum atomic E-state index is -0.472. The van der Waals surface area contributed by atoms with Crippen molar-refractivity contribution in [2.24, 2.45) is 5.73 Å². The minimum Gasteiger partial charge on any atom is -0.508 e. The third-order valence-electron chi connectivity index (χ3n) is 2.99. The Morgan fingerprint density at radius 2 is 1.89 bits per heavy atom. The van der Waals surface area contributed by atoms with Crippen LogP contribution in [0, 0.1) is 0 Å². The van der Waals surface area contributed by atoms with Gasteiger partial charge >= 0.3 is 0 Å². The Morgan fingerprint density at radius 3 is 2.58 bits per heavy atom. The zero-order chi connectivity index (χ0) is 13.4. The maximum atomic E-state index is 11.2. The summed E-state index contributed by atoms with van der Waals surface area (Å²) in [6.07, 6.45) is 0. The number of rotatable bonds is 2. The number of nitrogens with two attached hydrogens (primary N) is 1. The van der Waals surface area contributed by atoms with Gasteiger partial charge in [-0.15, -0.1) is 0 Å². The van der Waals surface area contributed by atoms with E-state index in [1.54, 1.807) is 42.5 Å². The van der Waals surface area contributed by atoms with Crippen LogP contribution in [-0.2, 0) is 0 Å². The van der Waals surface area contributed by atoms with E-state index in [0.717, 1.165) is 22.2 Å². The third-order valence-corrected chi connectivity index (χ3v) is 2.99. The molecule has 19 heavy (non-hydrogen) atoms. The van der Waals surface area contributed by atoms with E-state index in [4.69, 9.17) is 5.73 Å². The number of nitrogens with one attached hydrogen (secondary N) is 1. The monoisotopic (exact) mass is 253 g/mol. The molecule has 94 valence electrons. The molecule has 0 saturated carbocycles. The number of benzene rings is 2. The van der Waals surface area contributed by atoms with Crippen molar-refractivity contribution in [2.75, 3.05) is 0 Å². The second-order valence-corrected chi connectivity index (χ2v) is 4.24. The molecule has 0 aliphatic rings. The highest BCUT2D eigenvalue weighted by molar-refractivity contribution is 6.00. The first-order chi connectivity index (χ1) is 9.15. The van der Waals surface area contributed by atoms with Gasteiger partial charge in [-0.1, -0.05) is 0 Å². The van der Waals surface area contributed by atoms with Crippen LogP contribution in [0.1, 0.15) is 10.4 Å². The van der Waals surface area contributed by atoms with E-state index in [9.17, 15) is 9.90 Å². The number of aromatic nitrogens is 2. The average Bonchev–Trinajstić information content (AvgIpc) is 2.82. The highest BCUT2D eigenvalue weighted by Crippen LogP contribution is 2.28. The fourth-order valence-corrected chi connectivity index (χ4v) is 2.01. The standard InChI is InChI=1S/C14H11N3O2/c15-14(19)9-3-6-12-11(7-9)13(17-16-12)8-1-4-10(18)5-2-8/h1-7,18H,(H2,15,19)(H,16,17). The molecule has 0 aliphatic heterocycles. The Hall–Kier alpha value is -2.82. The normalized spacial score (nSPS) is 10.7. The Kier molecular flexibility index (Phi) is 2.45. The van der Waals surface area contributed by atoms with Gasteiger partial charge < -0.3 is 10.8 Å². The van der Waals surface area contributed by atoms with Crippen LogP contribution in [0.15, 0.2) is 42.5 Å². The molecular weight excluding hydrogens is 242 g/mol. The summed E-state index contributed by atoms with van der Waals surface area (Å²) in [5.41, 5.74) is 8.12. The lowest BCUT2D eigenvalue weighted by atomic mass is 10.1. The van der Waals surface area contributed by atoms with Gasteiger partial charge in [-0.25, -0.2) is 0 Å². The van der Waals surface area contributed by atoms with Crippen molar-refractivity contribution in [3.8, 4) is 17.0 Å². The van der Waals surface area contributed by atoms with Gasteiger partial charge in [0, 0.05) is 16.5 Å².